The number of benzene rings is 2. The van der Waals surface area contributed by atoms with E-state index in [1.165, 1.54) is 42.1 Å². The Morgan fingerprint density at radius 3 is 2.45 bits per heavy atom. The van der Waals surface area contributed by atoms with Crippen molar-refractivity contribution in [1.82, 2.24) is 15.4 Å². The maximum atomic E-state index is 13.0. The van der Waals surface area contributed by atoms with Gasteiger partial charge in [-0.3, -0.25) is 25.2 Å². The first-order chi connectivity index (χ1) is 14.0. The van der Waals surface area contributed by atoms with Crippen LogP contribution in [-0.4, -0.2) is 23.5 Å². The normalized spacial score (nSPS) is 10.3. The number of hydrazine groups is 1. The molecule has 0 unspecified atom stereocenters. The Kier molecular flexibility index (Phi) is 6.03. The predicted octanol–water partition coefficient (Wildman–Crippen LogP) is 2.12. The third-order valence-electron chi connectivity index (χ3n) is 4.15. The first kappa shape index (κ1) is 19.8. The molecule has 2 amide bonds. The molecule has 0 radical (unpaired) electrons. The summed E-state index contributed by atoms with van der Waals surface area (Å²) in [6.45, 7) is 0.177. The molecule has 0 saturated carbocycles. The molecule has 0 fully saturated rings. The smallest absolute Gasteiger partial charge is 0.275 e. The van der Waals surface area contributed by atoms with Crippen molar-refractivity contribution in [2.24, 2.45) is 0 Å². The van der Waals surface area contributed by atoms with Gasteiger partial charge in [-0.25, -0.2) is 4.39 Å². The van der Waals surface area contributed by atoms with Gasteiger partial charge in [-0.2, -0.15) is 0 Å². The summed E-state index contributed by atoms with van der Waals surface area (Å²) in [4.78, 5) is 37.1. The summed E-state index contributed by atoms with van der Waals surface area (Å²) in [5.74, 6) is -1.18. The van der Waals surface area contributed by atoms with E-state index in [0.717, 1.165) is 0 Å². The Morgan fingerprint density at radius 2 is 1.72 bits per heavy atom. The van der Waals surface area contributed by atoms with E-state index >= 15 is 0 Å². The molecular formula is C21H18FN3O4. The summed E-state index contributed by atoms with van der Waals surface area (Å²) < 4.78 is 19.4. The zero-order valence-electron chi connectivity index (χ0n) is 15.5. The molecule has 0 saturated heterocycles. The number of amides is 2. The van der Waals surface area contributed by atoms with Crippen molar-refractivity contribution < 1.29 is 18.7 Å². The predicted molar refractivity (Wildman–Crippen MR) is 104 cm³/mol. The van der Waals surface area contributed by atoms with Crippen molar-refractivity contribution in [1.29, 1.82) is 0 Å². The third-order valence-corrected chi connectivity index (χ3v) is 4.15. The Bertz CT molecular complexity index is 1090. The van der Waals surface area contributed by atoms with E-state index < -0.39 is 17.4 Å². The molecule has 3 rings (SSSR count). The van der Waals surface area contributed by atoms with Crippen molar-refractivity contribution in [2.45, 2.75) is 6.54 Å². The number of ether oxygens (including phenoxy) is 1. The van der Waals surface area contributed by atoms with E-state index in [2.05, 4.69) is 10.9 Å². The Labute approximate surface area is 165 Å². The molecule has 2 aromatic carbocycles. The van der Waals surface area contributed by atoms with E-state index in [1.54, 1.807) is 36.4 Å². The lowest BCUT2D eigenvalue weighted by atomic mass is 10.2. The molecule has 0 bridgehead atoms. The molecule has 29 heavy (non-hydrogen) atoms. The molecule has 8 heteroatoms. The topological polar surface area (TPSA) is 89.4 Å². The van der Waals surface area contributed by atoms with Crippen molar-refractivity contribution in [3.63, 3.8) is 0 Å². The molecule has 3 aromatic rings. The fourth-order valence-electron chi connectivity index (χ4n) is 2.64. The lowest BCUT2D eigenvalue weighted by Crippen LogP contribution is -2.44. The number of pyridine rings is 1. The van der Waals surface area contributed by atoms with Gasteiger partial charge in [-0.05, 0) is 48.0 Å². The summed E-state index contributed by atoms with van der Waals surface area (Å²) in [5.41, 5.74) is 4.81. The monoisotopic (exact) mass is 395 g/mol. The average molecular weight is 395 g/mol. The van der Waals surface area contributed by atoms with Crippen LogP contribution in [0.1, 0.15) is 26.3 Å². The minimum atomic E-state index is -0.750. The number of methoxy groups -OCH3 is 1. The van der Waals surface area contributed by atoms with Gasteiger partial charge >= 0.3 is 0 Å². The summed E-state index contributed by atoms with van der Waals surface area (Å²) >= 11 is 0. The lowest BCUT2D eigenvalue weighted by molar-refractivity contribution is 0.0845. The maximum Gasteiger partial charge on any atom is 0.275 e. The van der Waals surface area contributed by atoms with E-state index in [0.29, 0.717) is 11.3 Å². The molecule has 7 nitrogen and oxygen atoms in total. The fourth-order valence-corrected chi connectivity index (χ4v) is 2.64. The fraction of sp³-hybridized carbons (Fsp3) is 0.0952. The quantitative estimate of drug-likeness (QED) is 0.648. The highest BCUT2D eigenvalue weighted by molar-refractivity contribution is 5.99. The Morgan fingerprint density at radius 1 is 1.00 bits per heavy atom. The van der Waals surface area contributed by atoms with Gasteiger partial charge in [0.1, 0.15) is 17.1 Å². The second-order valence-corrected chi connectivity index (χ2v) is 6.12. The third kappa shape index (κ3) is 4.86. The molecule has 1 heterocycles. The van der Waals surface area contributed by atoms with Crippen LogP contribution in [0.5, 0.6) is 5.75 Å². The number of aromatic nitrogens is 1. The van der Waals surface area contributed by atoms with Crippen LogP contribution in [0.3, 0.4) is 0 Å². The number of hydrogen-bond donors (Lipinski definition) is 2. The average Bonchev–Trinajstić information content (AvgIpc) is 2.74. The standard InChI is InChI=1S/C21H18FN3O4/c1-29-17-5-2-4-15(12-17)19(26)23-24-20(27)18-6-3-11-25(21(18)28)13-14-7-9-16(22)10-8-14/h2-12H,13H2,1H3,(H,23,26)(H,24,27). The molecule has 0 atom stereocenters. The Balaban J connectivity index is 1.70. The maximum absolute atomic E-state index is 13.0. The van der Waals surface area contributed by atoms with Crippen molar-refractivity contribution in [3.8, 4) is 5.75 Å². The van der Waals surface area contributed by atoms with E-state index in [4.69, 9.17) is 4.74 Å². The van der Waals surface area contributed by atoms with Crippen LogP contribution < -0.4 is 21.1 Å². The second-order valence-electron chi connectivity index (χ2n) is 6.12. The van der Waals surface area contributed by atoms with E-state index in [-0.39, 0.29) is 23.5 Å². The lowest BCUT2D eigenvalue weighted by Gasteiger charge is -2.10. The van der Waals surface area contributed by atoms with Crippen molar-refractivity contribution in [2.75, 3.05) is 7.11 Å². The van der Waals surface area contributed by atoms with E-state index in [1.807, 2.05) is 0 Å². The van der Waals surface area contributed by atoms with Gasteiger partial charge in [0.2, 0.25) is 0 Å². The van der Waals surface area contributed by atoms with Crippen LogP contribution in [-0.2, 0) is 6.54 Å². The van der Waals surface area contributed by atoms with Gasteiger partial charge in [-0.15, -0.1) is 0 Å². The van der Waals surface area contributed by atoms with Crippen LogP contribution in [0.15, 0.2) is 71.7 Å². The number of nitrogens with one attached hydrogen (secondary N) is 2. The highest BCUT2D eigenvalue weighted by Crippen LogP contribution is 2.12. The number of rotatable bonds is 5. The molecule has 2 N–H and O–H groups in total. The van der Waals surface area contributed by atoms with Gasteiger partial charge in [0.25, 0.3) is 17.4 Å². The SMILES string of the molecule is COc1cccc(C(=O)NNC(=O)c2cccn(Cc3ccc(F)cc3)c2=O)c1. The summed E-state index contributed by atoms with van der Waals surface area (Å²) in [6, 6.07) is 15.0. The molecule has 0 aliphatic carbocycles. The molecule has 148 valence electrons. The van der Waals surface area contributed by atoms with Crippen molar-refractivity contribution >= 4 is 11.8 Å². The van der Waals surface area contributed by atoms with Gasteiger partial charge < -0.3 is 9.30 Å². The molecule has 0 aliphatic rings. The molecule has 0 spiro atoms. The highest BCUT2D eigenvalue weighted by Gasteiger charge is 2.14. The zero-order valence-corrected chi connectivity index (χ0v) is 15.5. The van der Waals surface area contributed by atoms with Gasteiger partial charge in [0, 0.05) is 11.8 Å². The number of carbonyl (C=O) groups excluding carboxylic acids is 2. The van der Waals surface area contributed by atoms with E-state index in [9.17, 15) is 18.8 Å². The summed E-state index contributed by atoms with van der Waals surface area (Å²) in [7, 11) is 1.48. The van der Waals surface area contributed by atoms with Crippen molar-refractivity contribution in [3.05, 3.63) is 99.7 Å². The first-order valence-corrected chi connectivity index (χ1v) is 8.66. The number of hydrogen-bond acceptors (Lipinski definition) is 4. The first-order valence-electron chi connectivity index (χ1n) is 8.66. The molecular weight excluding hydrogens is 377 g/mol. The van der Waals surface area contributed by atoms with Crippen LogP contribution in [0, 0.1) is 5.82 Å². The summed E-state index contributed by atoms with van der Waals surface area (Å²) in [6.07, 6.45) is 1.53. The second kappa shape index (κ2) is 8.83. The van der Waals surface area contributed by atoms with Gasteiger partial charge in [0.05, 0.1) is 13.7 Å². The van der Waals surface area contributed by atoms with Crippen LogP contribution >= 0.6 is 0 Å². The van der Waals surface area contributed by atoms with Crippen LogP contribution in [0.4, 0.5) is 4.39 Å². The molecule has 0 aliphatic heterocycles. The van der Waals surface area contributed by atoms with Gasteiger partial charge in [0.15, 0.2) is 0 Å². The van der Waals surface area contributed by atoms with Crippen LogP contribution in [0.25, 0.3) is 0 Å². The number of halogens is 1. The largest absolute Gasteiger partial charge is 0.497 e. The highest BCUT2D eigenvalue weighted by atomic mass is 19.1. The Hall–Kier alpha value is -3.94. The number of nitrogens with zero attached hydrogens (tertiary/aromatic N) is 1. The number of carbonyl (C=O) groups is 2. The minimum absolute atomic E-state index is 0.138. The van der Waals surface area contributed by atoms with Gasteiger partial charge in [-0.1, -0.05) is 18.2 Å². The summed E-state index contributed by atoms with van der Waals surface area (Å²) in [5, 5.41) is 0. The molecule has 1 aromatic heterocycles. The zero-order chi connectivity index (χ0) is 20.8. The van der Waals surface area contributed by atoms with Crippen LogP contribution in [0.2, 0.25) is 0 Å². The minimum Gasteiger partial charge on any atom is -0.497 e.